The largest absolute Gasteiger partial charge is 0.444 e. The molecule has 2 aromatic rings. The van der Waals surface area contributed by atoms with E-state index in [0.717, 1.165) is 12.0 Å². The average molecular weight is 296 g/mol. The van der Waals surface area contributed by atoms with Crippen LogP contribution in [0.3, 0.4) is 0 Å². The van der Waals surface area contributed by atoms with Crippen LogP contribution in [0.1, 0.15) is 23.8 Å². The number of hydrogen-bond acceptors (Lipinski definition) is 4. The maximum Gasteiger partial charge on any atom is 0.273 e. The van der Waals surface area contributed by atoms with Crippen LogP contribution in [0, 0.1) is 0 Å². The Hall–Kier alpha value is -1.85. The van der Waals surface area contributed by atoms with Crippen LogP contribution in [0.5, 0.6) is 0 Å². The number of nitrogens with zero attached hydrogens (tertiary/aromatic N) is 1. The number of carbonyl (C=O) groups excluding carboxylic acids is 1. The summed E-state index contributed by atoms with van der Waals surface area (Å²) in [5.74, 6) is 0.199. The van der Waals surface area contributed by atoms with E-state index in [1.807, 2.05) is 37.3 Å². The first-order chi connectivity index (χ1) is 9.16. The van der Waals surface area contributed by atoms with E-state index in [1.165, 1.54) is 6.26 Å². The highest BCUT2D eigenvalue weighted by atomic mass is 35.5. The van der Waals surface area contributed by atoms with Gasteiger partial charge in [-0.2, -0.15) is 0 Å². The third-order valence-electron chi connectivity index (χ3n) is 2.64. The smallest absolute Gasteiger partial charge is 0.273 e. The molecule has 1 heterocycles. The number of amides is 1. The van der Waals surface area contributed by atoms with Crippen molar-refractivity contribution in [3.63, 3.8) is 0 Å². The van der Waals surface area contributed by atoms with E-state index < -0.39 is 0 Å². The van der Waals surface area contributed by atoms with Crippen LogP contribution in [0.4, 0.5) is 0 Å². The lowest BCUT2D eigenvalue weighted by Crippen LogP contribution is -2.29. The van der Waals surface area contributed by atoms with Gasteiger partial charge in [0.05, 0.1) is 0 Å². The highest BCUT2D eigenvalue weighted by Gasteiger charge is 2.12. The summed E-state index contributed by atoms with van der Waals surface area (Å²) in [6.45, 7) is 2.43. The highest BCUT2D eigenvalue weighted by Crippen LogP contribution is 2.17. The second-order valence-corrected chi connectivity index (χ2v) is 4.43. The van der Waals surface area contributed by atoms with Crippen LogP contribution in [0.25, 0.3) is 11.5 Å². The van der Waals surface area contributed by atoms with Crippen LogP contribution < -0.4 is 11.1 Å². The minimum atomic E-state index is -0.244. The molecule has 1 aromatic heterocycles. The Morgan fingerprint density at radius 1 is 1.40 bits per heavy atom. The molecule has 0 bridgehead atoms. The summed E-state index contributed by atoms with van der Waals surface area (Å²) in [7, 11) is 0. The number of aromatic nitrogens is 1. The molecule has 2 rings (SSSR count). The number of halogens is 1. The first-order valence-electron chi connectivity index (χ1n) is 6.21. The van der Waals surface area contributed by atoms with Crippen LogP contribution >= 0.6 is 12.4 Å². The van der Waals surface area contributed by atoms with Gasteiger partial charge in [0.25, 0.3) is 5.91 Å². The average Bonchev–Trinajstić information content (AvgIpc) is 2.89. The molecule has 0 spiro atoms. The van der Waals surface area contributed by atoms with E-state index in [9.17, 15) is 4.79 Å². The number of nitrogens with one attached hydrogen (secondary N) is 1. The molecular formula is C14H18ClN3O2. The first kappa shape index (κ1) is 16.2. The standard InChI is InChI=1S/C14H17N3O2.ClH/c1-10(15)7-8-16-13(18)12-9-19-14(17-12)11-5-3-2-4-6-11;/h2-6,9-10H,7-8,15H2,1H3,(H,16,18);1H. The minimum absolute atomic E-state index is 0. The van der Waals surface area contributed by atoms with Gasteiger partial charge >= 0.3 is 0 Å². The number of oxazole rings is 1. The van der Waals surface area contributed by atoms with Crippen LogP contribution in [-0.4, -0.2) is 23.5 Å². The first-order valence-corrected chi connectivity index (χ1v) is 6.21. The molecule has 0 fully saturated rings. The van der Waals surface area contributed by atoms with E-state index in [1.54, 1.807) is 0 Å². The van der Waals surface area contributed by atoms with Crippen molar-refractivity contribution >= 4 is 18.3 Å². The van der Waals surface area contributed by atoms with Gasteiger partial charge in [-0.25, -0.2) is 4.98 Å². The van der Waals surface area contributed by atoms with Gasteiger partial charge < -0.3 is 15.5 Å². The summed E-state index contributed by atoms with van der Waals surface area (Å²) in [4.78, 5) is 16.0. The zero-order valence-electron chi connectivity index (χ0n) is 11.2. The molecule has 6 heteroatoms. The van der Waals surface area contributed by atoms with Gasteiger partial charge in [0.2, 0.25) is 5.89 Å². The van der Waals surface area contributed by atoms with Crippen molar-refractivity contribution < 1.29 is 9.21 Å². The Bertz CT molecular complexity index is 540. The molecule has 0 aliphatic carbocycles. The molecule has 5 nitrogen and oxygen atoms in total. The van der Waals surface area contributed by atoms with Crippen molar-refractivity contribution in [2.24, 2.45) is 5.73 Å². The maximum absolute atomic E-state index is 11.8. The van der Waals surface area contributed by atoms with Gasteiger partial charge in [-0.1, -0.05) is 18.2 Å². The van der Waals surface area contributed by atoms with Gasteiger partial charge in [-0.05, 0) is 25.5 Å². The van der Waals surface area contributed by atoms with Crippen molar-refractivity contribution in [2.45, 2.75) is 19.4 Å². The van der Waals surface area contributed by atoms with Crippen molar-refractivity contribution in [1.29, 1.82) is 0 Å². The second kappa shape index (κ2) is 7.67. The maximum atomic E-state index is 11.8. The van der Waals surface area contributed by atoms with Crippen molar-refractivity contribution in [3.8, 4) is 11.5 Å². The molecular weight excluding hydrogens is 278 g/mol. The highest BCUT2D eigenvalue weighted by molar-refractivity contribution is 5.92. The number of benzene rings is 1. The molecule has 108 valence electrons. The number of carbonyl (C=O) groups is 1. The van der Waals surface area contributed by atoms with E-state index in [0.29, 0.717) is 12.4 Å². The molecule has 1 aromatic carbocycles. The molecule has 1 atom stereocenters. The lowest BCUT2D eigenvalue weighted by atomic mass is 10.2. The van der Waals surface area contributed by atoms with E-state index >= 15 is 0 Å². The monoisotopic (exact) mass is 295 g/mol. The van der Waals surface area contributed by atoms with E-state index in [4.69, 9.17) is 10.2 Å². The summed E-state index contributed by atoms with van der Waals surface area (Å²) < 4.78 is 5.30. The van der Waals surface area contributed by atoms with Gasteiger partial charge in [-0.15, -0.1) is 12.4 Å². The molecule has 0 saturated heterocycles. The summed E-state index contributed by atoms with van der Waals surface area (Å²) in [6, 6.07) is 9.52. The Morgan fingerprint density at radius 3 is 2.75 bits per heavy atom. The molecule has 1 amide bonds. The number of nitrogens with two attached hydrogens (primary N) is 1. The van der Waals surface area contributed by atoms with Gasteiger partial charge in [0.15, 0.2) is 5.69 Å². The molecule has 0 aliphatic heterocycles. The molecule has 20 heavy (non-hydrogen) atoms. The Kier molecular flexibility index (Phi) is 6.21. The normalized spacial score (nSPS) is 11.5. The van der Waals surface area contributed by atoms with Crippen molar-refractivity contribution in [3.05, 3.63) is 42.3 Å². The summed E-state index contributed by atoms with van der Waals surface area (Å²) in [5, 5.41) is 2.75. The Labute approximate surface area is 124 Å². The second-order valence-electron chi connectivity index (χ2n) is 4.43. The molecule has 3 N–H and O–H groups in total. The third kappa shape index (κ3) is 4.36. The Morgan fingerprint density at radius 2 is 2.10 bits per heavy atom. The molecule has 0 radical (unpaired) electrons. The minimum Gasteiger partial charge on any atom is -0.444 e. The quantitative estimate of drug-likeness (QED) is 0.886. The lowest BCUT2D eigenvalue weighted by Gasteiger charge is -2.05. The van der Waals surface area contributed by atoms with Crippen molar-refractivity contribution in [2.75, 3.05) is 6.54 Å². The van der Waals surface area contributed by atoms with Crippen LogP contribution in [0.2, 0.25) is 0 Å². The summed E-state index contributed by atoms with van der Waals surface area (Å²) >= 11 is 0. The fraction of sp³-hybridized carbons (Fsp3) is 0.286. The van der Waals surface area contributed by atoms with Crippen LogP contribution in [-0.2, 0) is 0 Å². The molecule has 1 unspecified atom stereocenters. The SMILES string of the molecule is CC(N)CCNC(=O)c1coc(-c2ccccc2)n1.Cl. The van der Waals surface area contributed by atoms with Gasteiger partial charge in [0.1, 0.15) is 6.26 Å². The van der Waals surface area contributed by atoms with Gasteiger partial charge in [-0.3, -0.25) is 4.79 Å². The third-order valence-corrected chi connectivity index (χ3v) is 2.64. The van der Waals surface area contributed by atoms with Crippen molar-refractivity contribution in [1.82, 2.24) is 10.3 Å². The predicted molar refractivity (Wildman–Crippen MR) is 79.8 cm³/mol. The van der Waals surface area contributed by atoms with E-state index in [-0.39, 0.29) is 30.0 Å². The topological polar surface area (TPSA) is 81.1 Å². The van der Waals surface area contributed by atoms with Crippen LogP contribution in [0.15, 0.2) is 41.0 Å². The summed E-state index contributed by atoms with van der Waals surface area (Å²) in [6.07, 6.45) is 2.10. The predicted octanol–water partition coefficient (Wildman–Crippen LogP) is 2.23. The fourth-order valence-electron chi connectivity index (χ4n) is 1.60. The molecule has 0 aliphatic rings. The Balaban J connectivity index is 0.00000200. The zero-order chi connectivity index (χ0) is 13.7. The fourth-order valence-corrected chi connectivity index (χ4v) is 1.60. The molecule has 0 saturated carbocycles. The number of rotatable bonds is 5. The number of hydrogen-bond donors (Lipinski definition) is 2. The lowest BCUT2D eigenvalue weighted by molar-refractivity contribution is 0.0948. The van der Waals surface area contributed by atoms with E-state index in [2.05, 4.69) is 10.3 Å². The van der Waals surface area contributed by atoms with Gasteiger partial charge in [0, 0.05) is 18.2 Å². The zero-order valence-corrected chi connectivity index (χ0v) is 12.0. The summed E-state index contributed by atoms with van der Waals surface area (Å²) in [5.41, 5.74) is 6.74.